The predicted octanol–water partition coefficient (Wildman–Crippen LogP) is 3.49. The van der Waals surface area contributed by atoms with Crippen LogP contribution in [-0.2, 0) is 4.79 Å². The van der Waals surface area contributed by atoms with Crippen molar-refractivity contribution in [2.24, 2.45) is 5.92 Å². The maximum Gasteiger partial charge on any atom is 0.180 e. The minimum atomic E-state index is -0.846. The third kappa shape index (κ3) is 2.73. The first kappa shape index (κ1) is 13.6. The average Bonchev–Trinajstić information content (AvgIpc) is 3.05. The Hall–Kier alpha value is -2.41. The molecule has 1 heterocycles. The van der Waals surface area contributed by atoms with Gasteiger partial charge < -0.3 is 4.98 Å². The van der Waals surface area contributed by atoms with Gasteiger partial charge in [0.1, 0.15) is 5.82 Å². The summed E-state index contributed by atoms with van der Waals surface area (Å²) >= 11 is 0. The van der Waals surface area contributed by atoms with Gasteiger partial charge in [-0.3, -0.25) is 4.79 Å². The standard InChI is InChI=1S/C17H17N3O/c1-11-6-7-12(8-11)9-16(21)13(10-18)17-19-14-4-2-3-5-15(14)20-17/h2-5,9,11,13H,6-8H2,1H3,(H,19,20)/b12-9+. The van der Waals surface area contributed by atoms with Crippen molar-refractivity contribution in [3.05, 3.63) is 41.7 Å². The van der Waals surface area contributed by atoms with E-state index in [0.717, 1.165) is 35.9 Å². The van der Waals surface area contributed by atoms with Crippen molar-refractivity contribution in [3.8, 4) is 6.07 Å². The third-order valence-corrected chi connectivity index (χ3v) is 4.01. The molecule has 1 aromatic heterocycles. The molecule has 21 heavy (non-hydrogen) atoms. The fourth-order valence-electron chi connectivity index (χ4n) is 2.87. The molecule has 1 saturated carbocycles. The van der Waals surface area contributed by atoms with Crippen LogP contribution in [0.25, 0.3) is 11.0 Å². The van der Waals surface area contributed by atoms with Crippen molar-refractivity contribution in [1.82, 2.24) is 9.97 Å². The predicted molar refractivity (Wildman–Crippen MR) is 80.6 cm³/mol. The molecule has 0 bridgehead atoms. The van der Waals surface area contributed by atoms with Gasteiger partial charge in [-0.25, -0.2) is 4.98 Å². The van der Waals surface area contributed by atoms with E-state index in [1.165, 1.54) is 0 Å². The molecular formula is C17H17N3O. The smallest absolute Gasteiger partial charge is 0.180 e. The molecule has 1 fully saturated rings. The Morgan fingerprint density at radius 3 is 3.00 bits per heavy atom. The monoisotopic (exact) mass is 279 g/mol. The first-order valence-electron chi connectivity index (χ1n) is 7.25. The molecule has 0 radical (unpaired) electrons. The van der Waals surface area contributed by atoms with Crippen LogP contribution in [0.3, 0.4) is 0 Å². The lowest BCUT2D eigenvalue weighted by Crippen LogP contribution is -2.10. The minimum absolute atomic E-state index is 0.166. The molecule has 2 aromatic rings. The second-order valence-electron chi connectivity index (χ2n) is 5.75. The van der Waals surface area contributed by atoms with E-state index >= 15 is 0 Å². The Balaban J connectivity index is 1.88. The van der Waals surface area contributed by atoms with Crippen LogP contribution in [0.5, 0.6) is 0 Å². The van der Waals surface area contributed by atoms with Crippen LogP contribution in [0.2, 0.25) is 0 Å². The fraction of sp³-hybridized carbons (Fsp3) is 0.353. The number of benzene rings is 1. The Morgan fingerprint density at radius 1 is 1.52 bits per heavy atom. The van der Waals surface area contributed by atoms with Crippen molar-refractivity contribution in [2.75, 3.05) is 0 Å². The number of nitrogens with zero attached hydrogens (tertiary/aromatic N) is 2. The molecule has 0 saturated heterocycles. The van der Waals surface area contributed by atoms with E-state index in [9.17, 15) is 10.1 Å². The molecule has 4 heteroatoms. The topological polar surface area (TPSA) is 69.5 Å². The molecular weight excluding hydrogens is 262 g/mol. The number of carbonyl (C=O) groups excluding carboxylic acids is 1. The van der Waals surface area contributed by atoms with Crippen molar-refractivity contribution in [1.29, 1.82) is 5.26 Å². The SMILES string of the molecule is CC1CC/C(=C\C(=O)C(C#N)c2nc3ccccc3[nH]2)C1. The number of carbonyl (C=O) groups is 1. The number of H-pyrrole nitrogens is 1. The molecule has 1 aliphatic carbocycles. The van der Waals surface area contributed by atoms with Crippen molar-refractivity contribution in [3.63, 3.8) is 0 Å². The van der Waals surface area contributed by atoms with Crippen LogP contribution in [0.1, 0.15) is 37.9 Å². The zero-order chi connectivity index (χ0) is 14.8. The van der Waals surface area contributed by atoms with Crippen molar-refractivity contribution >= 4 is 16.8 Å². The van der Waals surface area contributed by atoms with Crippen LogP contribution in [-0.4, -0.2) is 15.8 Å². The summed E-state index contributed by atoms with van der Waals surface area (Å²) in [4.78, 5) is 19.8. The summed E-state index contributed by atoms with van der Waals surface area (Å²) in [6.07, 6.45) is 4.71. The molecule has 1 N–H and O–H groups in total. The van der Waals surface area contributed by atoms with E-state index in [1.54, 1.807) is 6.08 Å². The zero-order valence-corrected chi connectivity index (χ0v) is 12.0. The number of hydrogen-bond acceptors (Lipinski definition) is 3. The fourth-order valence-corrected chi connectivity index (χ4v) is 2.87. The highest BCUT2D eigenvalue weighted by molar-refractivity contribution is 5.98. The van der Waals surface area contributed by atoms with E-state index in [1.807, 2.05) is 24.3 Å². The van der Waals surface area contributed by atoms with Gasteiger partial charge in [0.15, 0.2) is 11.7 Å². The van der Waals surface area contributed by atoms with Crippen LogP contribution in [0, 0.1) is 17.2 Å². The van der Waals surface area contributed by atoms with Crippen molar-refractivity contribution < 1.29 is 4.79 Å². The van der Waals surface area contributed by atoms with Gasteiger partial charge in [-0.2, -0.15) is 5.26 Å². The van der Waals surface area contributed by atoms with E-state index in [0.29, 0.717) is 11.7 Å². The maximum absolute atomic E-state index is 12.4. The van der Waals surface area contributed by atoms with Crippen LogP contribution in [0.15, 0.2) is 35.9 Å². The summed E-state index contributed by atoms with van der Waals surface area (Å²) < 4.78 is 0. The Labute approximate surface area is 123 Å². The molecule has 106 valence electrons. The molecule has 2 atom stereocenters. The molecule has 1 aromatic carbocycles. The normalized spacial score (nSPS) is 21.5. The highest BCUT2D eigenvalue weighted by atomic mass is 16.1. The second kappa shape index (κ2) is 5.53. The van der Waals surface area contributed by atoms with Gasteiger partial charge in [0.25, 0.3) is 0 Å². The van der Waals surface area contributed by atoms with Crippen LogP contribution in [0.4, 0.5) is 0 Å². The summed E-state index contributed by atoms with van der Waals surface area (Å²) in [5.74, 6) is 0.0591. The molecule has 0 amide bonds. The largest absolute Gasteiger partial charge is 0.340 e. The number of aromatic nitrogens is 2. The number of para-hydroxylation sites is 2. The van der Waals surface area contributed by atoms with E-state index in [2.05, 4.69) is 23.0 Å². The first-order chi connectivity index (χ1) is 10.2. The van der Waals surface area contributed by atoms with Gasteiger partial charge in [0, 0.05) is 0 Å². The van der Waals surface area contributed by atoms with Gasteiger partial charge in [-0.15, -0.1) is 0 Å². The lowest BCUT2D eigenvalue weighted by atomic mass is 10.0. The third-order valence-electron chi connectivity index (χ3n) is 4.01. The summed E-state index contributed by atoms with van der Waals surface area (Å²) in [5.41, 5.74) is 2.79. The Kier molecular flexibility index (Phi) is 3.57. The summed E-state index contributed by atoms with van der Waals surface area (Å²) in [7, 11) is 0. The van der Waals surface area contributed by atoms with Crippen LogP contribution < -0.4 is 0 Å². The second-order valence-corrected chi connectivity index (χ2v) is 5.75. The van der Waals surface area contributed by atoms with Gasteiger partial charge in [0.2, 0.25) is 0 Å². The summed E-state index contributed by atoms with van der Waals surface area (Å²) in [6, 6.07) is 9.62. The number of hydrogen-bond donors (Lipinski definition) is 1. The number of nitrogens with one attached hydrogen (secondary N) is 1. The highest BCUT2D eigenvalue weighted by Gasteiger charge is 2.24. The maximum atomic E-state index is 12.4. The molecule has 0 aliphatic heterocycles. The number of nitriles is 1. The van der Waals surface area contributed by atoms with Gasteiger partial charge in [-0.1, -0.05) is 24.6 Å². The number of allylic oxidation sites excluding steroid dienone is 2. The Bertz CT molecular complexity index is 718. The first-order valence-corrected chi connectivity index (χ1v) is 7.25. The zero-order valence-electron chi connectivity index (χ0n) is 12.0. The average molecular weight is 279 g/mol. The molecule has 2 unspecified atom stereocenters. The van der Waals surface area contributed by atoms with E-state index in [4.69, 9.17) is 0 Å². The summed E-state index contributed by atoms with van der Waals surface area (Å²) in [5, 5.41) is 9.34. The van der Waals surface area contributed by atoms with Gasteiger partial charge >= 0.3 is 0 Å². The number of fused-ring (bicyclic) bond motifs is 1. The lowest BCUT2D eigenvalue weighted by molar-refractivity contribution is -0.115. The van der Waals surface area contributed by atoms with Gasteiger partial charge in [0.05, 0.1) is 17.1 Å². The van der Waals surface area contributed by atoms with Crippen LogP contribution >= 0.6 is 0 Å². The number of rotatable bonds is 3. The minimum Gasteiger partial charge on any atom is -0.340 e. The van der Waals surface area contributed by atoms with Crippen molar-refractivity contribution in [2.45, 2.75) is 32.1 Å². The highest BCUT2D eigenvalue weighted by Crippen LogP contribution is 2.30. The summed E-state index contributed by atoms with van der Waals surface area (Å²) in [6.45, 7) is 2.19. The molecule has 1 aliphatic rings. The molecule has 4 nitrogen and oxygen atoms in total. The van der Waals surface area contributed by atoms with Gasteiger partial charge in [-0.05, 0) is 43.4 Å². The quantitative estimate of drug-likeness (QED) is 0.874. The van der Waals surface area contributed by atoms with E-state index < -0.39 is 5.92 Å². The number of aromatic amines is 1. The lowest BCUT2D eigenvalue weighted by Gasteiger charge is -2.02. The molecule has 3 rings (SSSR count). The molecule has 0 spiro atoms. The number of ketones is 1. The Morgan fingerprint density at radius 2 is 2.33 bits per heavy atom. The van der Waals surface area contributed by atoms with E-state index in [-0.39, 0.29) is 5.78 Å². The number of imidazole rings is 1.